The van der Waals surface area contributed by atoms with E-state index in [1.54, 1.807) is 12.1 Å². The zero-order valence-electron chi connectivity index (χ0n) is 7.53. The number of benzene rings is 1. The first-order valence-corrected chi connectivity index (χ1v) is 3.84. The maximum absolute atomic E-state index is 10.8. The Hall–Kier alpha value is -2.04. The lowest BCUT2D eigenvalue weighted by atomic mass is 10.2. The van der Waals surface area contributed by atoms with Gasteiger partial charge in [-0.3, -0.25) is 15.8 Å². The number of methoxy groups -OCH3 is 1. The lowest BCUT2D eigenvalue weighted by Gasteiger charge is -2.03. The van der Waals surface area contributed by atoms with E-state index in [0.717, 1.165) is 0 Å². The Morgan fingerprint density at radius 1 is 1.43 bits per heavy atom. The fourth-order valence-corrected chi connectivity index (χ4v) is 0.907. The molecule has 0 heterocycles. The zero-order valence-corrected chi connectivity index (χ0v) is 7.53. The Morgan fingerprint density at radius 2 is 2.14 bits per heavy atom. The highest BCUT2D eigenvalue weighted by atomic mass is 16.5. The Morgan fingerprint density at radius 3 is 2.71 bits per heavy atom. The van der Waals surface area contributed by atoms with Crippen LogP contribution < -0.4 is 11.1 Å². The predicted molar refractivity (Wildman–Crippen MR) is 49.9 cm³/mol. The minimum absolute atomic E-state index is 0.221. The molecule has 1 rings (SSSR count). The van der Waals surface area contributed by atoms with Gasteiger partial charge in [0.25, 0.3) is 5.91 Å². The number of rotatable bonds is 2. The molecule has 2 amide bonds. The van der Waals surface area contributed by atoms with Crippen LogP contribution in [0.4, 0.5) is 10.5 Å². The zero-order chi connectivity index (χ0) is 10.6. The summed E-state index contributed by atoms with van der Waals surface area (Å²) in [5, 5.41) is 2.39. The van der Waals surface area contributed by atoms with E-state index in [2.05, 4.69) is 10.1 Å². The first kappa shape index (κ1) is 10.0. The second kappa shape index (κ2) is 4.27. The molecule has 1 radical (unpaired) electrons. The van der Waals surface area contributed by atoms with Crippen molar-refractivity contribution in [3.05, 3.63) is 29.8 Å². The third kappa shape index (κ3) is 2.48. The highest BCUT2D eigenvalue weighted by Crippen LogP contribution is 2.10. The van der Waals surface area contributed by atoms with Crippen LogP contribution in [0.1, 0.15) is 10.4 Å². The van der Waals surface area contributed by atoms with Crippen molar-refractivity contribution in [2.45, 2.75) is 0 Å². The number of hydrogen-bond acceptors (Lipinski definition) is 3. The van der Waals surface area contributed by atoms with Crippen LogP contribution in [0.5, 0.6) is 0 Å². The fourth-order valence-electron chi connectivity index (χ4n) is 0.907. The molecule has 0 aliphatic heterocycles. The van der Waals surface area contributed by atoms with Crippen molar-refractivity contribution in [2.75, 3.05) is 12.4 Å². The van der Waals surface area contributed by atoms with E-state index < -0.39 is 12.0 Å². The summed E-state index contributed by atoms with van der Waals surface area (Å²) >= 11 is 0. The van der Waals surface area contributed by atoms with Gasteiger partial charge in [0.1, 0.15) is 0 Å². The molecule has 5 nitrogen and oxygen atoms in total. The van der Waals surface area contributed by atoms with Gasteiger partial charge < -0.3 is 4.74 Å². The van der Waals surface area contributed by atoms with E-state index in [9.17, 15) is 9.59 Å². The van der Waals surface area contributed by atoms with Crippen molar-refractivity contribution >= 4 is 17.7 Å². The summed E-state index contributed by atoms with van der Waals surface area (Å²) in [4.78, 5) is 21.5. The monoisotopic (exact) mass is 193 g/mol. The number of hydrogen-bond donors (Lipinski definition) is 1. The minimum atomic E-state index is -0.793. The molecule has 0 spiro atoms. The Bertz CT molecular complexity index is 363. The molecule has 0 fully saturated rings. The van der Waals surface area contributed by atoms with Crippen LogP contribution in [0.2, 0.25) is 0 Å². The minimum Gasteiger partial charge on any atom is -0.453 e. The van der Waals surface area contributed by atoms with E-state index in [1.165, 1.54) is 19.2 Å². The van der Waals surface area contributed by atoms with Gasteiger partial charge in [0, 0.05) is 11.3 Å². The van der Waals surface area contributed by atoms with E-state index in [-0.39, 0.29) is 5.56 Å². The highest BCUT2D eigenvalue weighted by Gasteiger charge is 2.04. The summed E-state index contributed by atoms with van der Waals surface area (Å²) < 4.78 is 4.37. The maximum Gasteiger partial charge on any atom is 0.411 e. The van der Waals surface area contributed by atoms with Crippen molar-refractivity contribution in [1.82, 2.24) is 5.73 Å². The molecular weight excluding hydrogens is 184 g/mol. The standard InChI is InChI=1S/C9H9N2O3/c1-14-9(13)11-7-4-2-3-6(5-7)8(10)12/h2-5,10H,1H3,(H,11,13). The van der Waals surface area contributed by atoms with Crippen molar-refractivity contribution in [1.29, 1.82) is 0 Å². The quantitative estimate of drug-likeness (QED) is 0.768. The molecule has 0 atom stereocenters. The van der Waals surface area contributed by atoms with E-state index in [4.69, 9.17) is 5.73 Å². The number of anilines is 1. The van der Waals surface area contributed by atoms with Crippen LogP contribution in [0, 0.1) is 0 Å². The lowest BCUT2D eigenvalue weighted by Crippen LogP contribution is -2.11. The van der Waals surface area contributed by atoms with E-state index in [1.807, 2.05) is 0 Å². The number of carbonyl (C=O) groups is 2. The predicted octanol–water partition coefficient (Wildman–Crippen LogP) is 1.29. The Balaban J connectivity index is 2.83. The van der Waals surface area contributed by atoms with Crippen molar-refractivity contribution in [2.24, 2.45) is 0 Å². The van der Waals surface area contributed by atoms with Crippen molar-refractivity contribution in [3.8, 4) is 0 Å². The van der Waals surface area contributed by atoms with Gasteiger partial charge in [0.2, 0.25) is 0 Å². The first-order valence-electron chi connectivity index (χ1n) is 3.84. The molecule has 2 N–H and O–H groups in total. The van der Waals surface area contributed by atoms with E-state index in [0.29, 0.717) is 5.69 Å². The van der Waals surface area contributed by atoms with Crippen LogP contribution in [-0.2, 0) is 4.74 Å². The molecule has 73 valence electrons. The molecule has 5 heteroatoms. The molecule has 0 aliphatic rings. The largest absolute Gasteiger partial charge is 0.453 e. The third-order valence-corrected chi connectivity index (χ3v) is 1.56. The van der Waals surface area contributed by atoms with Crippen LogP contribution in [0.25, 0.3) is 0 Å². The highest BCUT2D eigenvalue weighted by molar-refractivity contribution is 5.94. The Kier molecular flexibility index (Phi) is 3.06. The van der Waals surface area contributed by atoms with Crippen LogP contribution in [0.15, 0.2) is 24.3 Å². The van der Waals surface area contributed by atoms with Gasteiger partial charge in [-0.25, -0.2) is 4.79 Å². The summed E-state index contributed by atoms with van der Waals surface area (Å²) in [6.45, 7) is 0. The number of amides is 2. The molecule has 0 aromatic heterocycles. The van der Waals surface area contributed by atoms with Gasteiger partial charge in [-0.2, -0.15) is 0 Å². The average Bonchev–Trinajstić information content (AvgIpc) is 2.18. The summed E-state index contributed by atoms with van der Waals surface area (Å²) in [7, 11) is 1.24. The molecule has 0 aliphatic carbocycles. The van der Waals surface area contributed by atoms with Gasteiger partial charge in [0.05, 0.1) is 7.11 Å². The number of ether oxygens (including phenoxy) is 1. The summed E-state index contributed by atoms with van der Waals surface area (Å²) in [6, 6.07) is 6.08. The molecule has 0 bridgehead atoms. The van der Waals surface area contributed by atoms with Crippen LogP contribution >= 0.6 is 0 Å². The molecule has 1 aromatic carbocycles. The maximum atomic E-state index is 10.8. The van der Waals surface area contributed by atoms with Gasteiger partial charge in [0.15, 0.2) is 0 Å². The first-order chi connectivity index (χ1) is 6.63. The normalized spacial score (nSPS) is 9.21. The van der Waals surface area contributed by atoms with Crippen LogP contribution in [-0.4, -0.2) is 19.1 Å². The molecule has 0 saturated carbocycles. The topological polar surface area (TPSA) is 79.2 Å². The summed E-state index contributed by atoms with van der Waals surface area (Å²) in [5.74, 6) is -0.793. The molecule has 1 aromatic rings. The molecular formula is C9H9N2O3. The van der Waals surface area contributed by atoms with Crippen LogP contribution in [0.3, 0.4) is 0 Å². The molecule has 14 heavy (non-hydrogen) atoms. The van der Waals surface area contributed by atoms with Crippen molar-refractivity contribution in [3.63, 3.8) is 0 Å². The number of carbonyl (C=O) groups excluding carboxylic acids is 2. The van der Waals surface area contributed by atoms with E-state index >= 15 is 0 Å². The second-order valence-corrected chi connectivity index (χ2v) is 2.53. The third-order valence-electron chi connectivity index (χ3n) is 1.56. The smallest absolute Gasteiger partial charge is 0.411 e. The number of nitrogens with one attached hydrogen (secondary N) is 2. The van der Waals surface area contributed by atoms with Gasteiger partial charge in [-0.15, -0.1) is 0 Å². The fraction of sp³-hybridized carbons (Fsp3) is 0.111. The summed E-state index contributed by atoms with van der Waals surface area (Å²) in [6.07, 6.45) is -0.612. The van der Waals surface area contributed by atoms with Gasteiger partial charge in [-0.1, -0.05) is 6.07 Å². The second-order valence-electron chi connectivity index (χ2n) is 2.53. The molecule has 0 unspecified atom stereocenters. The SMILES string of the molecule is COC(=O)Nc1cccc(C([NH])=O)c1. The van der Waals surface area contributed by atoms with Crippen molar-refractivity contribution < 1.29 is 14.3 Å². The van der Waals surface area contributed by atoms with Gasteiger partial charge in [-0.05, 0) is 18.2 Å². The van der Waals surface area contributed by atoms with Gasteiger partial charge >= 0.3 is 6.09 Å². The Labute approximate surface area is 80.9 Å². The molecule has 0 saturated heterocycles. The summed E-state index contributed by atoms with van der Waals surface area (Å²) in [5.41, 5.74) is 7.51. The average molecular weight is 193 g/mol. The lowest BCUT2D eigenvalue weighted by molar-refractivity contribution is 0.0992.